The third kappa shape index (κ3) is 2.79. The minimum absolute atomic E-state index is 0.192. The fourth-order valence-corrected chi connectivity index (χ4v) is 1.89. The van der Waals surface area contributed by atoms with Crippen molar-refractivity contribution in [2.45, 2.75) is 19.4 Å². The van der Waals surface area contributed by atoms with E-state index in [0.29, 0.717) is 0 Å². The van der Waals surface area contributed by atoms with E-state index in [4.69, 9.17) is 0 Å². The van der Waals surface area contributed by atoms with Crippen LogP contribution in [-0.4, -0.2) is 6.54 Å². The van der Waals surface area contributed by atoms with Crippen molar-refractivity contribution in [3.63, 3.8) is 0 Å². The summed E-state index contributed by atoms with van der Waals surface area (Å²) in [4.78, 5) is 0. The van der Waals surface area contributed by atoms with E-state index in [1.807, 2.05) is 6.07 Å². The summed E-state index contributed by atoms with van der Waals surface area (Å²) in [6.45, 7) is 1.90. The van der Waals surface area contributed by atoms with Crippen molar-refractivity contribution < 1.29 is 4.39 Å². The Labute approximate surface area is 91.8 Å². The zero-order valence-corrected chi connectivity index (χ0v) is 9.48. The number of halogens is 2. The second-order valence-electron chi connectivity index (χ2n) is 3.81. The Kier molecular flexibility index (Phi) is 3.19. The molecule has 1 aromatic carbocycles. The number of benzene rings is 1. The Morgan fingerprint density at radius 1 is 1.43 bits per heavy atom. The largest absolute Gasteiger partial charge is 0.312 e. The third-order valence-electron chi connectivity index (χ3n) is 2.46. The number of nitrogens with one attached hydrogen (secondary N) is 1. The van der Waals surface area contributed by atoms with Gasteiger partial charge in [-0.25, -0.2) is 4.39 Å². The molecule has 0 heterocycles. The van der Waals surface area contributed by atoms with Gasteiger partial charge in [-0.2, -0.15) is 0 Å². The zero-order chi connectivity index (χ0) is 9.97. The predicted octanol–water partition coefficient (Wildman–Crippen LogP) is 3.09. The Hall–Kier alpha value is -0.410. The van der Waals surface area contributed by atoms with Crippen molar-refractivity contribution in [1.29, 1.82) is 0 Å². The molecule has 0 aliphatic heterocycles. The average Bonchev–Trinajstić information content (AvgIpc) is 2.92. The van der Waals surface area contributed by atoms with Gasteiger partial charge < -0.3 is 5.32 Å². The second-order valence-corrected chi connectivity index (χ2v) is 4.66. The SMILES string of the molecule is Fc1ccc(CNCC2CC2)c(Br)c1. The van der Waals surface area contributed by atoms with Gasteiger partial charge in [-0.3, -0.25) is 0 Å². The van der Waals surface area contributed by atoms with Crippen molar-refractivity contribution in [2.75, 3.05) is 6.54 Å². The van der Waals surface area contributed by atoms with Crippen LogP contribution in [0.25, 0.3) is 0 Å². The normalized spacial score (nSPS) is 15.9. The molecule has 3 heteroatoms. The lowest BCUT2D eigenvalue weighted by Gasteiger charge is -2.05. The van der Waals surface area contributed by atoms with Crippen molar-refractivity contribution >= 4 is 15.9 Å². The summed E-state index contributed by atoms with van der Waals surface area (Å²) in [5.41, 5.74) is 1.12. The van der Waals surface area contributed by atoms with Gasteiger partial charge in [0.2, 0.25) is 0 Å². The van der Waals surface area contributed by atoms with Gasteiger partial charge >= 0.3 is 0 Å². The molecule has 1 aliphatic rings. The fraction of sp³-hybridized carbons (Fsp3) is 0.455. The van der Waals surface area contributed by atoms with Crippen LogP contribution in [0.5, 0.6) is 0 Å². The Balaban J connectivity index is 1.87. The van der Waals surface area contributed by atoms with Crippen LogP contribution in [0.3, 0.4) is 0 Å². The first-order valence-corrected chi connectivity index (χ1v) is 5.69. The third-order valence-corrected chi connectivity index (χ3v) is 3.20. The monoisotopic (exact) mass is 257 g/mol. The number of hydrogen-bond acceptors (Lipinski definition) is 1. The maximum atomic E-state index is 12.8. The van der Waals surface area contributed by atoms with Crippen LogP contribution in [0.15, 0.2) is 22.7 Å². The maximum Gasteiger partial charge on any atom is 0.124 e. The van der Waals surface area contributed by atoms with Gasteiger partial charge in [0, 0.05) is 11.0 Å². The van der Waals surface area contributed by atoms with E-state index >= 15 is 0 Å². The zero-order valence-electron chi connectivity index (χ0n) is 7.89. The second kappa shape index (κ2) is 4.41. The van der Waals surface area contributed by atoms with Crippen LogP contribution < -0.4 is 5.32 Å². The molecule has 0 atom stereocenters. The fourth-order valence-electron chi connectivity index (χ4n) is 1.40. The molecule has 14 heavy (non-hydrogen) atoms. The molecule has 1 aliphatic carbocycles. The van der Waals surface area contributed by atoms with Crippen LogP contribution in [0.4, 0.5) is 4.39 Å². The first-order valence-electron chi connectivity index (χ1n) is 4.90. The average molecular weight is 258 g/mol. The molecular weight excluding hydrogens is 245 g/mol. The van der Waals surface area contributed by atoms with Crippen LogP contribution >= 0.6 is 15.9 Å². The first kappa shape index (κ1) is 10.1. The molecule has 2 rings (SSSR count). The van der Waals surface area contributed by atoms with Crippen molar-refractivity contribution in [2.24, 2.45) is 5.92 Å². The first-order chi connectivity index (χ1) is 6.75. The lowest BCUT2D eigenvalue weighted by molar-refractivity contribution is 0.618. The highest BCUT2D eigenvalue weighted by molar-refractivity contribution is 9.10. The minimum Gasteiger partial charge on any atom is -0.312 e. The molecule has 0 saturated heterocycles. The molecule has 0 radical (unpaired) electrons. The van der Waals surface area contributed by atoms with Gasteiger partial charge in [-0.1, -0.05) is 22.0 Å². The molecule has 76 valence electrons. The van der Waals surface area contributed by atoms with E-state index in [0.717, 1.165) is 29.0 Å². The molecular formula is C11H13BrFN. The van der Waals surface area contributed by atoms with Gasteiger partial charge in [0.25, 0.3) is 0 Å². The molecule has 0 amide bonds. The quantitative estimate of drug-likeness (QED) is 0.875. The van der Waals surface area contributed by atoms with E-state index in [1.54, 1.807) is 0 Å². The van der Waals surface area contributed by atoms with Crippen LogP contribution in [0, 0.1) is 11.7 Å². The molecule has 1 nitrogen and oxygen atoms in total. The molecule has 1 saturated carbocycles. The molecule has 1 aromatic rings. The molecule has 1 N–H and O–H groups in total. The van der Waals surface area contributed by atoms with E-state index in [9.17, 15) is 4.39 Å². The molecule has 0 unspecified atom stereocenters. The summed E-state index contributed by atoms with van der Waals surface area (Å²) in [6, 6.07) is 4.83. The van der Waals surface area contributed by atoms with Gasteiger partial charge in [-0.05, 0) is 43.0 Å². The van der Waals surface area contributed by atoms with Crippen molar-refractivity contribution in [3.8, 4) is 0 Å². The van der Waals surface area contributed by atoms with Crippen LogP contribution in [0.1, 0.15) is 18.4 Å². The number of hydrogen-bond donors (Lipinski definition) is 1. The molecule has 1 fully saturated rings. The van der Waals surface area contributed by atoms with Crippen molar-refractivity contribution in [1.82, 2.24) is 5.32 Å². The van der Waals surface area contributed by atoms with E-state index in [1.165, 1.54) is 25.0 Å². The summed E-state index contributed by atoms with van der Waals surface area (Å²) >= 11 is 3.35. The Morgan fingerprint density at radius 2 is 2.21 bits per heavy atom. The minimum atomic E-state index is -0.192. The predicted molar refractivity (Wildman–Crippen MR) is 58.5 cm³/mol. The summed E-state index contributed by atoms with van der Waals surface area (Å²) in [5.74, 6) is 0.692. The molecule has 0 spiro atoms. The van der Waals surface area contributed by atoms with E-state index in [2.05, 4.69) is 21.2 Å². The van der Waals surface area contributed by atoms with Gasteiger partial charge in [0.05, 0.1) is 0 Å². The highest BCUT2D eigenvalue weighted by atomic mass is 79.9. The van der Waals surface area contributed by atoms with Gasteiger partial charge in [-0.15, -0.1) is 0 Å². The van der Waals surface area contributed by atoms with Gasteiger partial charge in [0.1, 0.15) is 5.82 Å². The lowest BCUT2D eigenvalue weighted by atomic mass is 10.2. The van der Waals surface area contributed by atoms with E-state index in [-0.39, 0.29) is 5.82 Å². The molecule has 0 bridgehead atoms. The maximum absolute atomic E-state index is 12.8. The number of rotatable bonds is 4. The summed E-state index contributed by atoms with van der Waals surface area (Å²) in [6.07, 6.45) is 2.72. The Bertz CT molecular complexity index is 323. The topological polar surface area (TPSA) is 12.0 Å². The highest BCUT2D eigenvalue weighted by Gasteiger charge is 2.20. The highest BCUT2D eigenvalue weighted by Crippen LogP contribution is 2.27. The lowest BCUT2D eigenvalue weighted by Crippen LogP contribution is -2.16. The summed E-state index contributed by atoms with van der Waals surface area (Å²) in [7, 11) is 0. The Morgan fingerprint density at radius 3 is 2.86 bits per heavy atom. The van der Waals surface area contributed by atoms with Crippen molar-refractivity contribution in [3.05, 3.63) is 34.1 Å². The van der Waals surface area contributed by atoms with Crippen LogP contribution in [0.2, 0.25) is 0 Å². The molecule has 0 aromatic heterocycles. The smallest absolute Gasteiger partial charge is 0.124 e. The standard InChI is InChI=1S/C11H13BrFN/c12-11-5-10(13)4-3-9(11)7-14-6-8-1-2-8/h3-5,8,14H,1-2,6-7H2. The summed E-state index contributed by atoms with van der Waals surface area (Å²) < 4.78 is 13.6. The van der Waals surface area contributed by atoms with Crippen LogP contribution in [-0.2, 0) is 6.54 Å². The van der Waals surface area contributed by atoms with E-state index < -0.39 is 0 Å². The van der Waals surface area contributed by atoms with Gasteiger partial charge in [0.15, 0.2) is 0 Å². The summed E-state index contributed by atoms with van der Waals surface area (Å²) in [5, 5.41) is 3.37.